The van der Waals surface area contributed by atoms with Crippen LogP contribution in [-0.2, 0) is 7.05 Å². The topological polar surface area (TPSA) is 60.0 Å². The van der Waals surface area contributed by atoms with E-state index in [0.717, 1.165) is 29.1 Å². The van der Waals surface area contributed by atoms with Gasteiger partial charge in [-0.1, -0.05) is 12.1 Å². The normalized spacial score (nSPS) is 29.7. The second-order valence-electron chi connectivity index (χ2n) is 6.05. The molecule has 6 heteroatoms. The highest BCUT2D eigenvalue weighted by Gasteiger charge is 2.44. The van der Waals surface area contributed by atoms with E-state index in [1.807, 2.05) is 7.05 Å². The summed E-state index contributed by atoms with van der Waals surface area (Å²) in [5.74, 6) is 0.799. The lowest BCUT2D eigenvalue weighted by molar-refractivity contribution is 0.0537. The van der Waals surface area contributed by atoms with E-state index in [0.29, 0.717) is 0 Å². The molecule has 0 bridgehead atoms. The minimum Gasteiger partial charge on any atom is -0.321 e. The number of rotatable bonds is 3. The van der Waals surface area contributed by atoms with E-state index in [1.165, 1.54) is 12.8 Å². The molecule has 2 N–H and O–H groups in total. The van der Waals surface area contributed by atoms with Crippen LogP contribution >= 0.6 is 15.9 Å². The van der Waals surface area contributed by atoms with Crippen molar-refractivity contribution in [2.45, 2.75) is 44.2 Å². The first-order valence-corrected chi connectivity index (χ1v) is 7.66. The van der Waals surface area contributed by atoms with Crippen LogP contribution in [0.1, 0.15) is 44.3 Å². The van der Waals surface area contributed by atoms with E-state index in [1.54, 1.807) is 4.68 Å². The monoisotopic (exact) mass is 329 g/mol. The zero-order chi connectivity index (χ0) is 14.2. The van der Waals surface area contributed by atoms with Gasteiger partial charge in [-0.15, -0.1) is 5.10 Å². The first-order chi connectivity index (χ1) is 8.88. The molecule has 1 saturated carbocycles. The number of nitrogens with two attached hydrogens (primary N) is 1. The maximum Gasteiger partial charge on any atom is 0.153 e. The Hall–Kier alpha value is -0.460. The third-order valence-corrected chi connectivity index (χ3v) is 5.30. The molecule has 108 valence electrons. The smallest absolute Gasteiger partial charge is 0.153 e. The van der Waals surface area contributed by atoms with Gasteiger partial charge in [-0.2, -0.15) is 0 Å². The van der Waals surface area contributed by atoms with E-state index in [2.05, 4.69) is 52.2 Å². The summed E-state index contributed by atoms with van der Waals surface area (Å²) in [6, 6.07) is -0.0793. The van der Waals surface area contributed by atoms with Gasteiger partial charge in [-0.25, -0.2) is 4.68 Å². The number of nitrogens with zero attached hydrogens (tertiary/aromatic N) is 4. The highest BCUT2D eigenvalue weighted by atomic mass is 79.9. The molecule has 1 aliphatic carbocycles. The zero-order valence-electron chi connectivity index (χ0n) is 12.2. The third-order valence-electron chi connectivity index (χ3n) is 4.73. The third kappa shape index (κ3) is 2.58. The van der Waals surface area contributed by atoms with Crippen LogP contribution < -0.4 is 5.73 Å². The zero-order valence-corrected chi connectivity index (χ0v) is 13.8. The van der Waals surface area contributed by atoms with Crippen molar-refractivity contribution in [3.8, 4) is 0 Å². The van der Waals surface area contributed by atoms with Crippen molar-refractivity contribution in [2.75, 3.05) is 14.1 Å². The Morgan fingerprint density at radius 1 is 1.42 bits per heavy atom. The number of likely N-dealkylation sites (N-methyl/N-ethyl adjacent to an activating group) is 1. The Morgan fingerprint density at radius 3 is 2.42 bits per heavy atom. The van der Waals surface area contributed by atoms with Gasteiger partial charge < -0.3 is 10.6 Å². The van der Waals surface area contributed by atoms with Gasteiger partial charge in [0.05, 0.1) is 11.7 Å². The van der Waals surface area contributed by atoms with E-state index in [9.17, 15) is 0 Å². The second-order valence-corrected chi connectivity index (χ2v) is 6.80. The van der Waals surface area contributed by atoms with Crippen LogP contribution in [0.4, 0.5) is 0 Å². The highest BCUT2D eigenvalue weighted by Crippen LogP contribution is 2.43. The van der Waals surface area contributed by atoms with E-state index < -0.39 is 0 Å². The highest BCUT2D eigenvalue weighted by molar-refractivity contribution is 9.10. The Labute approximate surface area is 123 Å². The summed E-state index contributed by atoms with van der Waals surface area (Å²) in [5.41, 5.74) is 7.62. The molecule has 2 rings (SSSR count). The minimum atomic E-state index is -0.0793. The largest absolute Gasteiger partial charge is 0.321 e. The summed E-state index contributed by atoms with van der Waals surface area (Å²) >= 11 is 3.48. The Morgan fingerprint density at radius 2 is 2.00 bits per heavy atom. The Balaban J connectivity index is 2.35. The second kappa shape index (κ2) is 5.50. The molecular weight excluding hydrogens is 306 g/mol. The van der Waals surface area contributed by atoms with E-state index in [4.69, 9.17) is 5.73 Å². The summed E-state index contributed by atoms with van der Waals surface area (Å²) < 4.78 is 2.56. The van der Waals surface area contributed by atoms with Gasteiger partial charge in [0.2, 0.25) is 0 Å². The summed E-state index contributed by atoms with van der Waals surface area (Å²) in [5, 5.41) is 8.13. The Bertz CT molecular complexity index is 415. The first kappa shape index (κ1) is 14.9. The van der Waals surface area contributed by atoms with Gasteiger partial charge in [-0.3, -0.25) is 0 Å². The number of hydrogen-bond acceptors (Lipinski definition) is 4. The molecule has 0 saturated heterocycles. The van der Waals surface area contributed by atoms with Crippen molar-refractivity contribution in [1.82, 2.24) is 19.9 Å². The molecule has 1 aromatic heterocycles. The van der Waals surface area contributed by atoms with Crippen molar-refractivity contribution >= 4 is 15.9 Å². The van der Waals surface area contributed by atoms with Gasteiger partial charge in [0.1, 0.15) is 0 Å². The fourth-order valence-corrected chi connectivity index (χ4v) is 3.80. The molecule has 1 unspecified atom stereocenters. The van der Waals surface area contributed by atoms with E-state index >= 15 is 0 Å². The standard InChI is InChI=1S/C13H24BrN5/c1-9-5-7-13(8-6-9,18(2)3)11(15)10-12(14)16-17-19(10)4/h9,11H,5-8,15H2,1-4H3. The van der Waals surface area contributed by atoms with Crippen molar-refractivity contribution < 1.29 is 0 Å². The SMILES string of the molecule is CC1CCC(C(N)c2c(Br)nnn2C)(N(C)C)CC1. The van der Waals surface area contributed by atoms with Gasteiger partial charge in [0.15, 0.2) is 4.60 Å². The Kier molecular flexibility index (Phi) is 4.32. The van der Waals surface area contributed by atoms with Crippen molar-refractivity contribution in [3.63, 3.8) is 0 Å². The molecule has 19 heavy (non-hydrogen) atoms. The van der Waals surface area contributed by atoms with Gasteiger partial charge >= 0.3 is 0 Å². The molecule has 0 spiro atoms. The van der Waals surface area contributed by atoms with Crippen LogP contribution in [0.2, 0.25) is 0 Å². The number of aryl methyl sites for hydroxylation is 1. The average Bonchev–Trinajstić information content (AvgIpc) is 2.69. The molecule has 0 amide bonds. The van der Waals surface area contributed by atoms with Crippen LogP contribution in [0.5, 0.6) is 0 Å². The molecule has 5 nitrogen and oxygen atoms in total. The molecule has 1 atom stereocenters. The number of hydrogen-bond donors (Lipinski definition) is 1. The molecular formula is C13H24BrN5. The lowest BCUT2D eigenvalue weighted by Gasteiger charge is -2.48. The molecule has 0 aliphatic heterocycles. The molecule has 1 aliphatic rings. The molecule has 1 heterocycles. The van der Waals surface area contributed by atoms with Crippen molar-refractivity contribution in [3.05, 3.63) is 10.3 Å². The molecule has 1 aromatic rings. The van der Waals surface area contributed by atoms with Gasteiger partial charge in [0.25, 0.3) is 0 Å². The summed E-state index contributed by atoms with van der Waals surface area (Å²) in [6.45, 7) is 2.33. The summed E-state index contributed by atoms with van der Waals surface area (Å²) in [4.78, 5) is 2.29. The average molecular weight is 330 g/mol. The lowest BCUT2D eigenvalue weighted by atomic mass is 9.71. The van der Waals surface area contributed by atoms with Crippen molar-refractivity contribution in [2.24, 2.45) is 18.7 Å². The summed E-state index contributed by atoms with van der Waals surface area (Å²) in [6.07, 6.45) is 4.71. The van der Waals surface area contributed by atoms with E-state index in [-0.39, 0.29) is 11.6 Å². The minimum absolute atomic E-state index is 0.00447. The van der Waals surface area contributed by atoms with Crippen LogP contribution in [0.3, 0.4) is 0 Å². The van der Waals surface area contributed by atoms with Crippen LogP contribution in [0, 0.1) is 5.92 Å². The maximum absolute atomic E-state index is 6.62. The fraction of sp³-hybridized carbons (Fsp3) is 0.846. The van der Waals surface area contributed by atoms with Crippen LogP contribution in [0.15, 0.2) is 4.60 Å². The predicted molar refractivity (Wildman–Crippen MR) is 79.7 cm³/mol. The van der Waals surface area contributed by atoms with Gasteiger partial charge in [0, 0.05) is 12.6 Å². The van der Waals surface area contributed by atoms with Crippen LogP contribution in [-0.4, -0.2) is 39.5 Å². The van der Waals surface area contributed by atoms with Gasteiger partial charge in [-0.05, 0) is 61.6 Å². The maximum atomic E-state index is 6.62. The van der Waals surface area contributed by atoms with Crippen LogP contribution in [0.25, 0.3) is 0 Å². The van der Waals surface area contributed by atoms with Crippen molar-refractivity contribution in [1.29, 1.82) is 0 Å². The predicted octanol–water partition coefficient (Wildman–Crippen LogP) is 2.09. The molecule has 1 fully saturated rings. The lowest BCUT2D eigenvalue weighted by Crippen LogP contribution is -2.54. The molecule has 0 aromatic carbocycles. The first-order valence-electron chi connectivity index (χ1n) is 6.86. The fourth-order valence-electron chi connectivity index (χ4n) is 3.22. The quantitative estimate of drug-likeness (QED) is 0.922. The molecule has 0 radical (unpaired) electrons. The number of halogens is 1. The summed E-state index contributed by atoms with van der Waals surface area (Å²) in [7, 11) is 6.17. The number of aromatic nitrogens is 3.